The Morgan fingerprint density at radius 1 is 1.12 bits per heavy atom. The van der Waals surface area contributed by atoms with E-state index in [0.29, 0.717) is 31.0 Å². The van der Waals surface area contributed by atoms with Crippen LogP contribution in [0, 0.1) is 12.8 Å². The number of piperidine rings is 1. The first-order chi connectivity index (χ1) is 12.0. The van der Waals surface area contributed by atoms with Gasteiger partial charge in [0.25, 0.3) is 0 Å². The highest BCUT2D eigenvalue weighted by Crippen LogP contribution is 2.45. The minimum atomic E-state index is -0.0955. The van der Waals surface area contributed by atoms with Crippen molar-refractivity contribution in [1.29, 1.82) is 0 Å². The van der Waals surface area contributed by atoms with Crippen molar-refractivity contribution in [2.75, 3.05) is 13.6 Å². The molecule has 1 atom stereocenters. The van der Waals surface area contributed by atoms with Crippen molar-refractivity contribution in [2.24, 2.45) is 5.92 Å². The largest absolute Gasteiger partial charge is 0.346 e. The molecule has 3 aliphatic rings. The van der Waals surface area contributed by atoms with Crippen molar-refractivity contribution >= 4 is 11.8 Å². The minimum Gasteiger partial charge on any atom is -0.346 e. The number of hydrogen-bond acceptors (Lipinski definition) is 2. The predicted molar refractivity (Wildman–Crippen MR) is 97.2 cm³/mol. The molecule has 2 aliphatic carbocycles. The standard InChI is InChI=1S/C21H28N2O2/c1-14-5-3-4-6-19(14)16-11-18(12-16)23(17-7-8-17)21(25)15-9-10-22(2)20(24)13-15/h3-6,15-18H,7-13H2,1-2H3/t15-,16?,18?/m1/s1. The fraction of sp³-hybridized carbons (Fsp3) is 0.619. The average Bonchev–Trinajstić information content (AvgIpc) is 3.38. The number of benzene rings is 1. The van der Waals surface area contributed by atoms with Crippen LogP contribution in [0.1, 0.15) is 55.6 Å². The van der Waals surface area contributed by atoms with Crippen LogP contribution in [-0.2, 0) is 9.59 Å². The smallest absolute Gasteiger partial charge is 0.226 e. The molecule has 1 aromatic rings. The quantitative estimate of drug-likeness (QED) is 0.845. The number of rotatable bonds is 4. The molecule has 134 valence electrons. The highest BCUT2D eigenvalue weighted by atomic mass is 16.2. The molecule has 2 amide bonds. The second-order valence-corrected chi connectivity index (χ2v) is 8.16. The second-order valence-electron chi connectivity index (χ2n) is 8.16. The van der Waals surface area contributed by atoms with Crippen LogP contribution < -0.4 is 0 Å². The summed E-state index contributed by atoms with van der Waals surface area (Å²) >= 11 is 0. The first-order valence-electron chi connectivity index (χ1n) is 9.66. The van der Waals surface area contributed by atoms with Gasteiger partial charge in [-0.2, -0.15) is 0 Å². The molecule has 0 radical (unpaired) electrons. The van der Waals surface area contributed by atoms with Gasteiger partial charge in [-0.3, -0.25) is 9.59 Å². The molecule has 0 aromatic heterocycles. The van der Waals surface area contributed by atoms with Crippen molar-refractivity contribution in [3.63, 3.8) is 0 Å². The maximum atomic E-state index is 13.1. The lowest BCUT2D eigenvalue weighted by molar-refractivity contribution is -0.148. The lowest BCUT2D eigenvalue weighted by atomic mass is 9.73. The Hall–Kier alpha value is -1.84. The Morgan fingerprint density at radius 2 is 1.84 bits per heavy atom. The van der Waals surface area contributed by atoms with Gasteiger partial charge < -0.3 is 9.80 Å². The number of aryl methyl sites for hydroxylation is 1. The van der Waals surface area contributed by atoms with Gasteiger partial charge in [0.15, 0.2) is 0 Å². The van der Waals surface area contributed by atoms with Gasteiger partial charge in [-0.1, -0.05) is 24.3 Å². The zero-order valence-electron chi connectivity index (χ0n) is 15.3. The third-order valence-corrected chi connectivity index (χ3v) is 6.34. The predicted octanol–water partition coefficient (Wildman–Crippen LogP) is 3.10. The summed E-state index contributed by atoms with van der Waals surface area (Å²) in [6.07, 6.45) is 5.64. The van der Waals surface area contributed by atoms with E-state index in [4.69, 9.17) is 0 Å². The van der Waals surface area contributed by atoms with E-state index in [-0.39, 0.29) is 17.7 Å². The van der Waals surface area contributed by atoms with E-state index < -0.39 is 0 Å². The van der Waals surface area contributed by atoms with Crippen LogP contribution in [0.5, 0.6) is 0 Å². The fourth-order valence-corrected chi connectivity index (χ4v) is 4.49. The minimum absolute atomic E-state index is 0.0955. The molecular formula is C21H28N2O2. The van der Waals surface area contributed by atoms with E-state index in [1.165, 1.54) is 11.1 Å². The topological polar surface area (TPSA) is 40.6 Å². The normalized spacial score (nSPS) is 29.3. The van der Waals surface area contributed by atoms with Gasteiger partial charge in [0.2, 0.25) is 11.8 Å². The summed E-state index contributed by atoms with van der Waals surface area (Å²) in [4.78, 5) is 29.1. The van der Waals surface area contributed by atoms with Gasteiger partial charge in [0, 0.05) is 38.0 Å². The molecule has 1 saturated heterocycles. The Morgan fingerprint density at radius 3 is 2.48 bits per heavy atom. The van der Waals surface area contributed by atoms with Crippen LogP contribution >= 0.6 is 0 Å². The molecule has 1 heterocycles. The van der Waals surface area contributed by atoms with E-state index in [1.807, 2.05) is 7.05 Å². The van der Waals surface area contributed by atoms with Gasteiger partial charge in [-0.25, -0.2) is 0 Å². The summed E-state index contributed by atoms with van der Waals surface area (Å²) < 4.78 is 0. The molecule has 0 spiro atoms. The molecule has 4 heteroatoms. The van der Waals surface area contributed by atoms with Crippen molar-refractivity contribution in [2.45, 2.75) is 63.5 Å². The maximum Gasteiger partial charge on any atom is 0.226 e. The fourth-order valence-electron chi connectivity index (χ4n) is 4.49. The van der Waals surface area contributed by atoms with Crippen molar-refractivity contribution < 1.29 is 9.59 Å². The van der Waals surface area contributed by atoms with E-state index in [0.717, 1.165) is 32.1 Å². The molecule has 0 unspecified atom stereocenters. The van der Waals surface area contributed by atoms with Crippen molar-refractivity contribution in [3.8, 4) is 0 Å². The Bertz CT molecular complexity index is 676. The highest BCUT2D eigenvalue weighted by molar-refractivity contribution is 5.87. The van der Waals surface area contributed by atoms with Gasteiger partial charge in [-0.05, 0) is 56.1 Å². The van der Waals surface area contributed by atoms with Crippen molar-refractivity contribution in [1.82, 2.24) is 9.80 Å². The Balaban J connectivity index is 1.42. The molecule has 1 aromatic carbocycles. The van der Waals surface area contributed by atoms with Crippen LogP contribution in [0.2, 0.25) is 0 Å². The monoisotopic (exact) mass is 340 g/mol. The summed E-state index contributed by atoms with van der Waals surface area (Å²) in [6, 6.07) is 9.42. The molecule has 2 saturated carbocycles. The Labute approximate surface area is 150 Å². The molecule has 0 bridgehead atoms. The number of likely N-dealkylation sites (tertiary alicyclic amines) is 1. The zero-order chi connectivity index (χ0) is 17.6. The summed E-state index contributed by atoms with van der Waals surface area (Å²) in [5.74, 6) is 0.852. The number of carbonyl (C=O) groups is 2. The number of amides is 2. The number of hydrogen-bond donors (Lipinski definition) is 0. The van der Waals surface area contributed by atoms with Crippen LogP contribution in [0.3, 0.4) is 0 Å². The molecule has 4 rings (SSSR count). The number of nitrogens with zero attached hydrogens (tertiary/aromatic N) is 2. The third-order valence-electron chi connectivity index (χ3n) is 6.34. The molecule has 0 N–H and O–H groups in total. The SMILES string of the molecule is Cc1ccccc1C1CC(N(C(=O)[C@@H]2CCN(C)C(=O)C2)C2CC2)C1. The highest BCUT2D eigenvalue weighted by Gasteiger charge is 2.46. The first kappa shape index (κ1) is 16.6. The van der Waals surface area contributed by atoms with Gasteiger partial charge in [0.1, 0.15) is 0 Å². The number of carbonyl (C=O) groups excluding carboxylic acids is 2. The lowest BCUT2D eigenvalue weighted by Crippen LogP contribution is -2.52. The van der Waals surface area contributed by atoms with Crippen LogP contribution in [0.4, 0.5) is 0 Å². The first-order valence-corrected chi connectivity index (χ1v) is 9.66. The van der Waals surface area contributed by atoms with E-state index >= 15 is 0 Å². The molecule has 25 heavy (non-hydrogen) atoms. The average molecular weight is 340 g/mol. The summed E-state index contributed by atoms with van der Waals surface area (Å²) in [6.45, 7) is 2.89. The Kier molecular flexibility index (Phi) is 4.30. The van der Waals surface area contributed by atoms with Crippen LogP contribution in [0.25, 0.3) is 0 Å². The van der Waals surface area contributed by atoms with Crippen molar-refractivity contribution in [3.05, 3.63) is 35.4 Å². The molecule has 3 fully saturated rings. The van der Waals surface area contributed by atoms with Crippen LogP contribution in [-0.4, -0.2) is 47.3 Å². The summed E-state index contributed by atoms with van der Waals surface area (Å²) in [5, 5.41) is 0. The summed E-state index contributed by atoms with van der Waals surface area (Å²) in [5.41, 5.74) is 2.80. The molecule has 4 nitrogen and oxygen atoms in total. The van der Waals surface area contributed by atoms with Crippen LogP contribution in [0.15, 0.2) is 24.3 Å². The second kappa shape index (κ2) is 6.47. The van der Waals surface area contributed by atoms with Gasteiger partial charge in [-0.15, -0.1) is 0 Å². The lowest BCUT2D eigenvalue weighted by Gasteiger charge is -2.45. The molecule has 1 aliphatic heterocycles. The third kappa shape index (κ3) is 3.19. The van der Waals surface area contributed by atoms with E-state index in [9.17, 15) is 9.59 Å². The van der Waals surface area contributed by atoms with E-state index in [1.54, 1.807) is 4.90 Å². The molecular weight excluding hydrogens is 312 g/mol. The zero-order valence-corrected chi connectivity index (χ0v) is 15.3. The van der Waals surface area contributed by atoms with Gasteiger partial charge >= 0.3 is 0 Å². The maximum absolute atomic E-state index is 13.1. The van der Waals surface area contributed by atoms with Gasteiger partial charge in [0.05, 0.1) is 0 Å². The van der Waals surface area contributed by atoms with E-state index in [2.05, 4.69) is 36.1 Å². The summed E-state index contributed by atoms with van der Waals surface area (Å²) in [7, 11) is 1.83.